The fourth-order valence-electron chi connectivity index (χ4n) is 2.30. The summed E-state index contributed by atoms with van der Waals surface area (Å²) in [7, 11) is 0. The molecular formula is C18H19N3O2. The smallest absolute Gasteiger partial charge is 0.224 e. The van der Waals surface area contributed by atoms with Gasteiger partial charge in [0.1, 0.15) is 5.75 Å². The van der Waals surface area contributed by atoms with Crippen LogP contribution in [-0.2, 0) is 4.79 Å². The van der Waals surface area contributed by atoms with E-state index in [1.165, 1.54) is 5.56 Å². The van der Waals surface area contributed by atoms with E-state index in [4.69, 9.17) is 4.74 Å². The zero-order valence-electron chi connectivity index (χ0n) is 13.0. The molecule has 1 amide bonds. The molecule has 0 aliphatic carbocycles. The van der Waals surface area contributed by atoms with E-state index in [2.05, 4.69) is 15.5 Å². The van der Waals surface area contributed by atoms with Crippen molar-refractivity contribution < 1.29 is 9.53 Å². The van der Waals surface area contributed by atoms with E-state index >= 15 is 0 Å². The molecule has 1 heterocycles. The Morgan fingerprint density at radius 2 is 2.04 bits per heavy atom. The number of carbonyl (C=O) groups excluding carboxylic acids is 1. The first kappa shape index (κ1) is 15.1. The number of aromatic amines is 1. The Kier molecular flexibility index (Phi) is 4.57. The fourth-order valence-corrected chi connectivity index (χ4v) is 2.30. The number of hydrogen-bond acceptors (Lipinski definition) is 3. The lowest BCUT2D eigenvalue weighted by Gasteiger charge is -2.07. The minimum absolute atomic E-state index is 0.0172. The van der Waals surface area contributed by atoms with Gasteiger partial charge in [0.15, 0.2) is 0 Å². The molecule has 0 unspecified atom stereocenters. The predicted molar refractivity (Wildman–Crippen MR) is 90.6 cm³/mol. The summed E-state index contributed by atoms with van der Waals surface area (Å²) in [5.74, 6) is 0.817. The highest BCUT2D eigenvalue weighted by atomic mass is 16.5. The van der Waals surface area contributed by atoms with Crippen molar-refractivity contribution in [2.45, 2.75) is 19.8 Å². The molecule has 3 aromatic rings. The van der Waals surface area contributed by atoms with Crippen LogP contribution in [0.2, 0.25) is 0 Å². The second kappa shape index (κ2) is 6.96. The maximum absolute atomic E-state index is 12.0. The molecule has 0 saturated carbocycles. The molecule has 5 heteroatoms. The van der Waals surface area contributed by atoms with E-state index in [1.807, 2.05) is 49.4 Å². The molecule has 0 aliphatic rings. The van der Waals surface area contributed by atoms with Gasteiger partial charge in [0.2, 0.25) is 5.91 Å². The molecular weight excluding hydrogens is 290 g/mol. The van der Waals surface area contributed by atoms with Crippen molar-refractivity contribution in [3.8, 4) is 5.75 Å². The first-order valence-corrected chi connectivity index (χ1v) is 7.63. The summed E-state index contributed by atoms with van der Waals surface area (Å²) >= 11 is 0. The third-order valence-corrected chi connectivity index (χ3v) is 3.56. The maximum Gasteiger partial charge on any atom is 0.224 e. The summed E-state index contributed by atoms with van der Waals surface area (Å²) in [6.45, 7) is 2.56. The van der Waals surface area contributed by atoms with E-state index in [9.17, 15) is 4.79 Å². The van der Waals surface area contributed by atoms with E-state index < -0.39 is 0 Å². The zero-order chi connectivity index (χ0) is 16.1. The molecule has 23 heavy (non-hydrogen) atoms. The Hall–Kier alpha value is -2.82. The number of H-pyrrole nitrogens is 1. The van der Waals surface area contributed by atoms with Crippen molar-refractivity contribution in [1.29, 1.82) is 0 Å². The maximum atomic E-state index is 12.0. The number of rotatable bonds is 6. The molecule has 0 spiro atoms. The molecule has 118 valence electrons. The number of nitrogens with zero attached hydrogens (tertiary/aromatic N) is 1. The first-order valence-electron chi connectivity index (χ1n) is 7.63. The number of aromatic nitrogens is 2. The van der Waals surface area contributed by atoms with Gasteiger partial charge in [-0.3, -0.25) is 9.89 Å². The van der Waals surface area contributed by atoms with Gasteiger partial charge in [-0.1, -0.05) is 17.7 Å². The second-order valence-corrected chi connectivity index (χ2v) is 5.49. The molecule has 2 aromatic carbocycles. The zero-order valence-corrected chi connectivity index (χ0v) is 13.0. The van der Waals surface area contributed by atoms with Crippen LogP contribution in [0, 0.1) is 6.92 Å². The van der Waals surface area contributed by atoms with Crippen LogP contribution in [0.4, 0.5) is 5.69 Å². The molecule has 5 nitrogen and oxygen atoms in total. The normalized spacial score (nSPS) is 10.7. The molecule has 0 aliphatic heterocycles. The van der Waals surface area contributed by atoms with Crippen molar-refractivity contribution in [3.05, 3.63) is 54.2 Å². The van der Waals surface area contributed by atoms with E-state index in [0.29, 0.717) is 19.4 Å². The Balaban J connectivity index is 1.43. The molecule has 1 aromatic heterocycles. The number of nitrogens with one attached hydrogen (secondary N) is 2. The number of benzene rings is 2. The highest BCUT2D eigenvalue weighted by Crippen LogP contribution is 2.17. The molecule has 3 rings (SSSR count). The van der Waals surface area contributed by atoms with E-state index in [0.717, 1.165) is 22.3 Å². The molecule has 2 N–H and O–H groups in total. The van der Waals surface area contributed by atoms with Gasteiger partial charge in [0.25, 0.3) is 0 Å². The van der Waals surface area contributed by atoms with Crippen molar-refractivity contribution in [2.75, 3.05) is 11.9 Å². The molecule has 0 atom stereocenters. The fraction of sp³-hybridized carbons (Fsp3) is 0.222. The van der Waals surface area contributed by atoms with Crippen molar-refractivity contribution in [1.82, 2.24) is 10.2 Å². The number of fused-ring (bicyclic) bond motifs is 1. The number of anilines is 1. The van der Waals surface area contributed by atoms with Crippen LogP contribution >= 0.6 is 0 Å². The van der Waals surface area contributed by atoms with E-state index in [1.54, 1.807) is 6.20 Å². The topological polar surface area (TPSA) is 67.0 Å². The third kappa shape index (κ3) is 4.10. The first-order chi connectivity index (χ1) is 11.2. The van der Waals surface area contributed by atoms with Gasteiger partial charge in [0, 0.05) is 17.5 Å². The van der Waals surface area contributed by atoms with Crippen LogP contribution in [0.15, 0.2) is 48.7 Å². The van der Waals surface area contributed by atoms with Gasteiger partial charge >= 0.3 is 0 Å². The van der Waals surface area contributed by atoms with Gasteiger partial charge < -0.3 is 10.1 Å². The number of ether oxygens (including phenoxy) is 1. The molecule has 0 radical (unpaired) electrons. The molecule has 0 fully saturated rings. The molecule has 0 bridgehead atoms. The number of hydrogen-bond donors (Lipinski definition) is 2. The Morgan fingerprint density at radius 3 is 2.87 bits per heavy atom. The quantitative estimate of drug-likeness (QED) is 0.683. The van der Waals surface area contributed by atoms with Crippen LogP contribution in [0.3, 0.4) is 0 Å². The third-order valence-electron chi connectivity index (χ3n) is 3.56. The van der Waals surface area contributed by atoms with Crippen molar-refractivity contribution in [3.63, 3.8) is 0 Å². The standard InChI is InChI=1S/C18H19N3O2/c1-13-4-8-16(9-5-13)23-10-2-3-18(22)20-15-7-6-14-12-19-21-17(14)11-15/h4-9,11-12H,2-3,10H2,1H3,(H,19,21)(H,20,22). The van der Waals surface area contributed by atoms with Crippen LogP contribution in [-0.4, -0.2) is 22.7 Å². The van der Waals surface area contributed by atoms with Crippen molar-refractivity contribution in [2.24, 2.45) is 0 Å². The summed E-state index contributed by atoms with van der Waals surface area (Å²) in [5, 5.41) is 10.8. The van der Waals surface area contributed by atoms with Crippen LogP contribution < -0.4 is 10.1 Å². The van der Waals surface area contributed by atoms with Gasteiger partial charge in [-0.2, -0.15) is 5.10 Å². The number of carbonyl (C=O) groups is 1. The lowest BCUT2D eigenvalue weighted by Crippen LogP contribution is -2.12. The average molecular weight is 309 g/mol. The van der Waals surface area contributed by atoms with Gasteiger partial charge in [-0.15, -0.1) is 0 Å². The average Bonchev–Trinajstić information content (AvgIpc) is 3.01. The number of aryl methyl sites for hydroxylation is 1. The lowest BCUT2D eigenvalue weighted by atomic mass is 10.2. The van der Waals surface area contributed by atoms with E-state index in [-0.39, 0.29) is 5.91 Å². The Morgan fingerprint density at radius 1 is 1.22 bits per heavy atom. The second-order valence-electron chi connectivity index (χ2n) is 5.49. The van der Waals surface area contributed by atoms with Crippen LogP contribution in [0.5, 0.6) is 5.75 Å². The van der Waals surface area contributed by atoms with Crippen LogP contribution in [0.1, 0.15) is 18.4 Å². The van der Waals surface area contributed by atoms with Gasteiger partial charge in [0.05, 0.1) is 18.3 Å². The highest BCUT2D eigenvalue weighted by Gasteiger charge is 2.04. The van der Waals surface area contributed by atoms with Gasteiger partial charge in [-0.25, -0.2) is 0 Å². The summed E-state index contributed by atoms with van der Waals surface area (Å²) in [5.41, 5.74) is 2.88. The lowest BCUT2D eigenvalue weighted by molar-refractivity contribution is -0.116. The van der Waals surface area contributed by atoms with Gasteiger partial charge in [-0.05, 0) is 43.7 Å². The largest absolute Gasteiger partial charge is 0.494 e. The SMILES string of the molecule is Cc1ccc(OCCCC(=O)Nc2ccc3cn[nH]c3c2)cc1. The Labute approximate surface area is 134 Å². The highest BCUT2D eigenvalue weighted by molar-refractivity contribution is 5.93. The molecule has 0 saturated heterocycles. The summed E-state index contributed by atoms with van der Waals surface area (Å²) in [4.78, 5) is 12.0. The summed E-state index contributed by atoms with van der Waals surface area (Å²) in [6.07, 6.45) is 2.85. The summed E-state index contributed by atoms with van der Waals surface area (Å²) in [6, 6.07) is 13.6. The Bertz CT molecular complexity index is 793. The monoisotopic (exact) mass is 309 g/mol. The minimum Gasteiger partial charge on any atom is -0.494 e. The predicted octanol–water partition coefficient (Wildman–Crippen LogP) is 3.67. The minimum atomic E-state index is -0.0172. The van der Waals surface area contributed by atoms with Crippen LogP contribution in [0.25, 0.3) is 10.9 Å². The summed E-state index contributed by atoms with van der Waals surface area (Å²) < 4.78 is 5.62. The number of amides is 1. The van der Waals surface area contributed by atoms with Crippen molar-refractivity contribution >= 4 is 22.5 Å².